The van der Waals surface area contributed by atoms with E-state index in [1.165, 1.54) is 37.7 Å². The number of carbonyl (C=O) groups is 1. The molecule has 2 heteroatoms. The number of hydrogen-bond acceptors (Lipinski definition) is 1. The zero-order chi connectivity index (χ0) is 12.2. The van der Waals surface area contributed by atoms with Crippen molar-refractivity contribution >= 4 is 18.2 Å². The summed E-state index contributed by atoms with van der Waals surface area (Å²) in [5.74, 6) is 2.73. The van der Waals surface area contributed by atoms with E-state index in [0.717, 1.165) is 18.3 Å². The molecule has 2 unspecified atom stereocenters. The number of ketones is 1. The molecule has 4 saturated carbocycles. The van der Waals surface area contributed by atoms with Crippen LogP contribution in [0.25, 0.3) is 0 Å². The molecule has 1 aromatic carbocycles. The Kier molecular flexibility index (Phi) is 3.21. The minimum absolute atomic E-state index is 0. The van der Waals surface area contributed by atoms with Crippen molar-refractivity contribution < 1.29 is 4.79 Å². The first kappa shape index (κ1) is 13.2. The van der Waals surface area contributed by atoms with Gasteiger partial charge in [0.25, 0.3) is 0 Å². The molecule has 1 aromatic rings. The van der Waals surface area contributed by atoms with Gasteiger partial charge in [0, 0.05) is 11.3 Å². The van der Waals surface area contributed by atoms with Crippen molar-refractivity contribution in [3.8, 4) is 0 Å². The Labute approximate surface area is 121 Å². The molecule has 0 spiro atoms. The quantitative estimate of drug-likeness (QED) is 0.797. The van der Waals surface area contributed by atoms with Gasteiger partial charge in [0.1, 0.15) is 5.78 Å². The smallest absolute Gasteiger partial charge is 0.142 e. The van der Waals surface area contributed by atoms with Crippen LogP contribution < -0.4 is 0 Å². The maximum Gasteiger partial charge on any atom is 0.142 e. The molecular weight excluding hydrogens is 256 g/mol. The SMILES string of the molecule is Cl.O=C1C2CC3CC(C2)CC1(Cc1ccccc1)C3. The Morgan fingerprint density at radius 2 is 1.63 bits per heavy atom. The highest BCUT2D eigenvalue weighted by Gasteiger charge is 2.56. The lowest BCUT2D eigenvalue weighted by atomic mass is 9.48. The molecule has 5 rings (SSSR count). The summed E-state index contributed by atoms with van der Waals surface area (Å²) >= 11 is 0. The lowest BCUT2D eigenvalue weighted by Crippen LogP contribution is -2.54. The second-order valence-corrected chi connectivity index (χ2v) is 6.85. The maximum atomic E-state index is 12.7. The molecule has 4 fully saturated rings. The third-order valence-corrected chi connectivity index (χ3v) is 5.54. The van der Waals surface area contributed by atoms with Gasteiger partial charge in [0.15, 0.2) is 0 Å². The van der Waals surface area contributed by atoms with E-state index in [9.17, 15) is 4.79 Å². The number of carbonyl (C=O) groups excluding carboxylic acids is 1. The summed E-state index contributed by atoms with van der Waals surface area (Å²) in [7, 11) is 0. The predicted octanol–water partition coefficient (Wildman–Crippen LogP) is 4.05. The standard InChI is InChI=1S/C17H20O.ClH/c18-16-15-7-13-6-14(8-15)11-17(16,10-13)9-12-4-2-1-3-5-12;/h1-5,13-15H,6-11H2;1H. The fourth-order valence-electron chi connectivity index (χ4n) is 5.15. The van der Waals surface area contributed by atoms with Gasteiger partial charge in [0.2, 0.25) is 0 Å². The molecule has 0 aliphatic heterocycles. The molecule has 19 heavy (non-hydrogen) atoms. The summed E-state index contributed by atoms with van der Waals surface area (Å²) in [5.41, 5.74) is 1.38. The molecule has 4 aliphatic carbocycles. The fraction of sp³-hybridized carbons (Fsp3) is 0.588. The molecule has 0 radical (unpaired) electrons. The van der Waals surface area contributed by atoms with Gasteiger partial charge in [-0.2, -0.15) is 0 Å². The maximum absolute atomic E-state index is 12.7. The summed E-state index contributed by atoms with van der Waals surface area (Å²) in [4.78, 5) is 12.7. The highest BCUT2D eigenvalue weighted by Crippen LogP contribution is 2.59. The Morgan fingerprint density at radius 3 is 2.26 bits per heavy atom. The van der Waals surface area contributed by atoms with Crippen LogP contribution in [-0.4, -0.2) is 5.78 Å². The van der Waals surface area contributed by atoms with E-state index in [4.69, 9.17) is 0 Å². The van der Waals surface area contributed by atoms with E-state index in [1.54, 1.807) is 0 Å². The molecular formula is C17H21ClO. The monoisotopic (exact) mass is 276 g/mol. The second kappa shape index (κ2) is 4.63. The van der Waals surface area contributed by atoms with Crippen LogP contribution in [0.5, 0.6) is 0 Å². The van der Waals surface area contributed by atoms with Crippen molar-refractivity contribution in [2.45, 2.75) is 38.5 Å². The summed E-state index contributed by atoms with van der Waals surface area (Å²) < 4.78 is 0. The average Bonchev–Trinajstić information content (AvgIpc) is 2.36. The number of hydrogen-bond donors (Lipinski definition) is 0. The largest absolute Gasteiger partial charge is 0.299 e. The Morgan fingerprint density at radius 1 is 1.00 bits per heavy atom. The Hall–Kier alpha value is -0.820. The second-order valence-electron chi connectivity index (χ2n) is 6.85. The van der Waals surface area contributed by atoms with Crippen LogP contribution in [0.2, 0.25) is 0 Å². The van der Waals surface area contributed by atoms with Crippen molar-refractivity contribution in [3.63, 3.8) is 0 Å². The lowest BCUT2D eigenvalue weighted by molar-refractivity contribution is -0.152. The molecule has 0 heterocycles. The molecule has 2 atom stereocenters. The summed E-state index contributed by atoms with van der Waals surface area (Å²) in [6.07, 6.45) is 7.15. The Balaban J connectivity index is 0.00000110. The zero-order valence-electron chi connectivity index (χ0n) is 11.2. The van der Waals surface area contributed by atoms with Crippen molar-refractivity contribution in [1.82, 2.24) is 0 Å². The van der Waals surface area contributed by atoms with Crippen LogP contribution in [0.15, 0.2) is 30.3 Å². The van der Waals surface area contributed by atoms with Gasteiger partial charge in [-0.3, -0.25) is 4.79 Å². The van der Waals surface area contributed by atoms with Crippen LogP contribution in [0, 0.1) is 23.2 Å². The first-order valence-corrected chi connectivity index (χ1v) is 7.33. The van der Waals surface area contributed by atoms with Crippen LogP contribution in [0.1, 0.15) is 37.7 Å². The zero-order valence-corrected chi connectivity index (χ0v) is 12.0. The van der Waals surface area contributed by atoms with Crippen LogP contribution in [0.3, 0.4) is 0 Å². The Bertz CT molecular complexity index is 467. The van der Waals surface area contributed by atoms with Crippen LogP contribution >= 0.6 is 12.4 Å². The molecule has 102 valence electrons. The van der Waals surface area contributed by atoms with Gasteiger partial charge in [-0.05, 0) is 55.9 Å². The van der Waals surface area contributed by atoms with Gasteiger partial charge in [-0.25, -0.2) is 0 Å². The third-order valence-electron chi connectivity index (χ3n) is 5.54. The summed E-state index contributed by atoms with van der Waals surface area (Å²) in [6.45, 7) is 0. The molecule has 0 aromatic heterocycles. The molecule has 0 amide bonds. The van der Waals surface area contributed by atoms with Gasteiger partial charge in [0.05, 0.1) is 0 Å². The van der Waals surface area contributed by atoms with Crippen LogP contribution in [0.4, 0.5) is 0 Å². The van der Waals surface area contributed by atoms with Crippen molar-refractivity contribution in [2.75, 3.05) is 0 Å². The van der Waals surface area contributed by atoms with E-state index in [1.807, 2.05) is 0 Å². The van der Waals surface area contributed by atoms with E-state index >= 15 is 0 Å². The van der Waals surface area contributed by atoms with Crippen molar-refractivity contribution in [1.29, 1.82) is 0 Å². The molecule has 0 saturated heterocycles. The number of Topliss-reactive ketones (excluding diaryl/α,β-unsaturated/α-hetero) is 1. The normalized spacial score (nSPS) is 39.2. The summed E-state index contributed by atoms with van der Waals surface area (Å²) in [5, 5.41) is 0. The number of halogens is 1. The topological polar surface area (TPSA) is 17.1 Å². The predicted molar refractivity (Wildman–Crippen MR) is 78.4 cm³/mol. The van der Waals surface area contributed by atoms with Crippen molar-refractivity contribution in [2.24, 2.45) is 23.2 Å². The summed E-state index contributed by atoms with van der Waals surface area (Å²) in [6, 6.07) is 10.6. The first-order chi connectivity index (χ1) is 8.75. The van der Waals surface area contributed by atoms with Gasteiger partial charge >= 0.3 is 0 Å². The van der Waals surface area contributed by atoms with E-state index < -0.39 is 0 Å². The van der Waals surface area contributed by atoms with Crippen LogP contribution in [-0.2, 0) is 11.2 Å². The number of rotatable bonds is 2. The molecule has 1 nitrogen and oxygen atoms in total. The van der Waals surface area contributed by atoms with Gasteiger partial charge < -0.3 is 0 Å². The molecule has 4 aliphatic rings. The fourth-order valence-corrected chi connectivity index (χ4v) is 5.15. The minimum Gasteiger partial charge on any atom is -0.299 e. The van der Waals surface area contributed by atoms with Gasteiger partial charge in [-0.1, -0.05) is 30.3 Å². The average molecular weight is 277 g/mol. The highest BCUT2D eigenvalue weighted by atomic mass is 35.5. The molecule has 0 N–H and O–H groups in total. The van der Waals surface area contributed by atoms with E-state index in [0.29, 0.717) is 11.7 Å². The minimum atomic E-state index is 0. The molecule has 4 bridgehead atoms. The highest BCUT2D eigenvalue weighted by molar-refractivity contribution is 5.89. The van der Waals surface area contributed by atoms with Gasteiger partial charge in [-0.15, -0.1) is 12.4 Å². The van der Waals surface area contributed by atoms with Crippen molar-refractivity contribution in [3.05, 3.63) is 35.9 Å². The first-order valence-electron chi connectivity index (χ1n) is 7.33. The third kappa shape index (κ3) is 2.03. The van der Waals surface area contributed by atoms with E-state index in [-0.39, 0.29) is 17.8 Å². The van der Waals surface area contributed by atoms with E-state index in [2.05, 4.69) is 30.3 Å². The lowest BCUT2D eigenvalue weighted by Gasteiger charge is -2.55. The number of benzene rings is 1.